The number of rotatable bonds is 7. The van der Waals surface area contributed by atoms with Gasteiger partial charge in [0.05, 0.1) is 25.7 Å². The van der Waals surface area contributed by atoms with Crippen LogP contribution in [-0.2, 0) is 14.3 Å². The van der Waals surface area contributed by atoms with Gasteiger partial charge < -0.3 is 19.5 Å². The lowest BCUT2D eigenvalue weighted by Crippen LogP contribution is -2.42. The molecule has 1 aliphatic heterocycles. The summed E-state index contributed by atoms with van der Waals surface area (Å²) in [5.41, 5.74) is 4.09. The standard InChI is InChI=1S/C31H35NO5S/c1-18-28(31(34)37-22-7-5-6-8-22)29(19-9-12-23(38-4)13-10-19)30-24(32-18)15-21(16-25(30)33)20-11-14-26(35-2)27(17-20)36-3/h9-15,17,21-22,29-30,32H,5-8,16H2,1-4H3. The zero-order valence-electron chi connectivity index (χ0n) is 22.4. The third-order valence-electron chi connectivity index (χ3n) is 7.97. The van der Waals surface area contributed by atoms with Crippen LogP contribution in [0.3, 0.4) is 0 Å². The van der Waals surface area contributed by atoms with Crippen molar-refractivity contribution < 1.29 is 23.8 Å². The summed E-state index contributed by atoms with van der Waals surface area (Å²) in [5.74, 6) is 0.0991. The summed E-state index contributed by atoms with van der Waals surface area (Å²) in [6.45, 7) is 1.91. The Hall–Kier alpha value is -3.19. The van der Waals surface area contributed by atoms with Gasteiger partial charge in [0, 0.05) is 34.5 Å². The Morgan fingerprint density at radius 1 is 0.947 bits per heavy atom. The third-order valence-corrected chi connectivity index (χ3v) is 8.71. The van der Waals surface area contributed by atoms with Gasteiger partial charge >= 0.3 is 5.97 Å². The molecule has 2 aromatic rings. The van der Waals surface area contributed by atoms with Gasteiger partial charge in [-0.3, -0.25) is 4.79 Å². The van der Waals surface area contributed by atoms with E-state index < -0.39 is 11.8 Å². The number of hydrogen-bond donors (Lipinski definition) is 1. The topological polar surface area (TPSA) is 73.9 Å². The second kappa shape index (κ2) is 11.3. The average Bonchev–Trinajstić information content (AvgIpc) is 3.44. The number of methoxy groups -OCH3 is 2. The van der Waals surface area contributed by atoms with Gasteiger partial charge in [0.2, 0.25) is 0 Å². The van der Waals surface area contributed by atoms with Crippen LogP contribution in [0.1, 0.15) is 62.0 Å². The zero-order chi connectivity index (χ0) is 26.8. The summed E-state index contributed by atoms with van der Waals surface area (Å²) in [4.78, 5) is 28.6. The molecule has 1 fully saturated rings. The minimum atomic E-state index is -0.471. The summed E-state index contributed by atoms with van der Waals surface area (Å²) >= 11 is 1.67. The lowest BCUT2D eigenvalue weighted by Gasteiger charge is -2.39. The van der Waals surface area contributed by atoms with Gasteiger partial charge in [-0.15, -0.1) is 11.8 Å². The van der Waals surface area contributed by atoms with Crippen molar-refractivity contribution in [1.29, 1.82) is 0 Å². The molecule has 0 amide bonds. The maximum atomic E-state index is 13.9. The van der Waals surface area contributed by atoms with Crippen LogP contribution in [-0.4, -0.2) is 38.3 Å². The Morgan fingerprint density at radius 3 is 2.29 bits per heavy atom. The van der Waals surface area contributed by atoms with Crippen molar-refractivity contribution >= 4 is 23.5 Å². The van der Waals surface area contributed by atoms with Gasteiger partial charge in [0.25, 0.3) is 0 Å². The molecule has 0 spiro atoms. The van der Waals surface area contributed by atoms with Crippen LogP contribution in [0.4, 0.5) is 0 Å². The zero-order valence-corrected chi connectivity index (χ0v) is 23.2. The molecule has 2 aliphatic carbocycles. The van der Waals surface area contributed by atoms with Crippen molar-refractivity contribution in [3.63, 3.8) is 0 Å². The van der Waals surface area contributed by atoms with Crippen molar-refractivity contribution in [3.05, 3.63) is 76.6 Å². The monoisotopic (exact) mass is 533 g/mol. The molecular formula is C31H35NO5S. The molecule has 3 aliphatic rings. The number of Topliss-reactive ketones (excluding diaryl/α,β-unsaturated/α-hetero) is 1. The number of esters is 1. The van der Waals surface area contributed by atoms with E-state index in [1.54, 1.807) is 26.0 Å². The molecule has 6 nitrogen and oxygen atoms in total. The van der Waals surface area contributed by atoms with E-state index >= 15 is 0 Å². The van der Waals surface area contributed by atoms with Crippen molar-refractivity contribution in [2.45, 2.75) is 61.9 Å². The largest absolute Gasteiger partial charge is 0.493 e. The van der Waals surface area contributed by atoms with Crippen LogP contribution in [0.2, 0.25) is 0 Å². The summed E-state index contributed by atoms with van der Waals surface area (Å²) in [6.07, 6.45) is 8.44. The fourth-order valence-electron chi connectivity index (χ4n) is 6.03. The van der Waals surface area contributed by atoms with E-state index in [1.165, 1.54) is 0 Å². The molecule has 0 saturated heterocycles. The first-order valence-corrected chi connectivity index (χ1v) is 14.4. The molecule has 1 heterocycles. The molecule has 2 aromatic carbocycles. The van der Waals surface area contributed by atoms with Crippen LogP contribution in [0.25, 0.3) is 0 Å². The maximum Gasteiger partial charge on any atom is 0.336 e. The number of nitrogens with one attached hydrogen (secondary N) is 1. The van der Waals surface area contributed by atoms with E-state index in [4.69, 9.17) is 14.2 Å². The first-order chi connectivity index (χ1) is 18.4. The fourth-order valence-corrected chi connectivity index (χ4v) is 6.44. The lowest BCUT2D eigenvalue weighted by atomic mass is 9.68. The van der Waals surface area contributed by atoms with Crippen LogP contribution in [0.15, 0.2) is 70.4 Å². The quantitative estimate of drug-likeness (QED) is 0.339. The number of hydrogen-bond acceptors (Lipinski definition) is 7. The molecule has 200 valence electrons. The number of ether oxygens (including phenoxy) is 3. The highest BCUT2D eigenvalue weighted by atomic mass is 32.2. The van der Waals surface area contributed by atoms with Crippen molar-refractivity contribution in [2.75, 3.05) is 20.5 Å². The number of thioether (sulfide) groups is 1. The second-order valence-electron chi connectivity index (χ2n) is 10.2. The highest BCUT2D eigenvalue weighted by molar-refractivity contribution is 7.98. The van der Waals surface area contributed by atoms with Crippen LogP contribution in [0.5, 0.6) is 11.5 Å². The van der Waals surface area contributed by atoms with Crippen molar-refractivity contribution in [1.82, 2.24) is 5.32 Å². The molecule has 3 atom stereocenters. The SMILES string of the molecule is COc1ccc(C2C=C3NC(C)=C(C(=O)OC4CCCC4)C(c4ccc(SC)cc4)C3C(=O)C2)cc1OC. The Morgan fingerprint density at radius 2 is 1.63 bits per heavy atom. The average molecular weight is 534 g/mol. The summed E-state index contributed by atoms with van der Waals surface area (Å²) in [7, 11) is 3.22. The molecular weight excluding hydrogens is 498 g/mol. The Labute approximate surface area is 228 Å². The molecule has 7 heteroatoms. The summed E-state index contributed by atoms with van der Waals surface area (Å²) < 4.78 is 16.9. The van der Waals surface area contributed by atoms with Gasteiger partial charge in [0.1, 0.15) is 11.9 Å². The highest BCUT2D eigenvalue weighted by Gasteiger charge is 2.45. The second-order valence-corrected chi connectivity index (χ2v) is 11.1. The van der Waals surface area contributed by atoms with E-state index in [2.05, 4.69) is 23.5 Å². The molecule has 5 rings (SSSR count). The van der Waals surface area contributed by atoms with E-state index in [0.29, 0.717) is 23.5 Å². The molecule has 0 aromatic heterocycles. The van der Waals surface area contributed by atoms with E-state index in [1.807, 2.05) is 43.5 Å². The van der Waals surface area contributed by atoms with Crippen molar-refractivity contribution in [3.8, 4) is 11.5 Å². The number of carbonyl (C=O) groups is 2. The van der Waals surface area contributed by atoms with E-state index in [0.717, 1.165) is 53.1 Å². The number of carbonyl (C=O) groups excluding carboxylic acids is 2. The predicted octanol–water partition coefficient (Wildman–Crippen LogP) is 6.13. The van der Waals surface area contributed by atoms with E-state index in [9.17, 15) is 9.59 Å². The highest BCUT2D eigenvalue weighted by Crippen LogP contribution is 2.47. The van der Waals surface area contributed by atoms with Crippen LogP contribution >= 0.6 is 11.8 Å². The van der Waals surface area contributed by atoms with Gasteiger partial charge in [-0.2, -0.15) is 0 Å². The van der Waals surface area contributed by atoms with Crippen LogP contribution in [0, 0.1) is 5.92 Å². The minimum absolute atomic E-state index is 0.0456. The Kier molecular flexibility index (Phi) is 7.84. The summed E-state index contributed by atoms with van der Waals surface area (Å²) in [6, 6.07) is 14.0. The normalized spacial score (nSPS) is 23.4. The van der Waals surface area contributed by atoms with Gasteiger partial charge in [-0.05, 0) is 74.3 Å². The molecule has 0 radical (unpaired) electrons. The van der Waals surface area contributed by atoms with Gasteiger partial charge in [0.15, 0.2) is 11.5 Å². The Balaban J connectivity index is 1.55. The Bertz CT molecular complexity index is 1280. The number of fused-ring (bicyclic) bond motifs is 1. The van der Waals surface area contributed by atoms with Gasteiger partial charge in [-0.1, -0.05) is 24.3 Å². The maximum absolute atomic E-state index is 13.9. The minimum Gasteiger partial charge on any atom is -0.493 e. The first-order valence-electron chi connectivity index (χ1n) is 13.2. The van der Waals surface area contributed by atoms with Crippen LogP contribution < -0.4 is 14.8 Å². The first kappa shape index (κ1) is 26.4. The van der Waals surface area contributed by atoms with Gasteiger partial charge in [-0.25, -0.2) is 4.79 Å². The predicted molar refractivity (Wildman–Crippen MR) is 149 cm³/mol. The molecule has 0 bridgehead atoms. The lowest BCUT2D eigenvalue weighted by molar-refractivity contribution is -0.144. The molecule has 3 unspecified atom stereocenters. The number of allylic oxidation sites excluding steroid dienone is 3. The fraction of sp³-hybridized carbons (Fsp3) is 0.419. The molecule has 1 N–H and O–H groups in total. The summed E-state index contributed by atoms with van der Waals surface area (Å²) in [5, 5.41) is 3.44. The third kappa shape index (κ3) is 5.08. The molecule has 38 heavy (non-hydrogen) atoms. The van der Waals surface area contributed by atoms with E-state index in [-0.39, 0.29) is 23.8 Å². The van der Waals surface area contributed by atoms with Crippen molar-refractivity contribution in [2.24, 2.45) is 5.92 Å². The smallest absolute Gasteiger partial charge is 0.336 e. The number of benzene rings is 2. The number of ketones is 1. The molecule has 1 saturated carbocycles.